The lowest BCUT2D eigenvalue weighted by molar-refractivity contribution is 0.528. The van der Waals surface area contributed by atoms with Gasteiger partial charge in [-0.25, -0.2) is 0 Å². The van der Waals surface area contributed by atoms with Crippen LogP contribution in [0.15, 0.2) is 28.7 Å². The van der Waals surface area contributed by atoms with E-state index in [1.807, 2.05) is 18.2 Å². The fraction of sp³-hybridized carbons (Fsp3) is 0.385. The summed E-state index contributed by atoms with van der Waals surface area (Å²) in [6, 6.07) is 7.43. The van der Waals surface area contributed by atoms with E-state index in [0.29, 0.717) is 34.4 Å². The third-order valence-corrected chi connectivity index (χ3v) is 4.18. The molecular formula is C13H16ClN3OS. The summed E-state index contributed by atoms with van der Waals surface area (Å²) in [4.78, 5) is 0. The molecule has 4 nitrogen and oxygen atoms in total. The maximum atomic E-state index is 6.09. The van der Waals surface area contributed by atoms with Gasteiger partial charge in [0.25, 0.3) is 0 Å². The summed E-state index contributed by atoms with van der Waals surface area (Å²) in [6.45, 7) is 2.84. The molecule has 1 aromatic heterocycles. The molecule has 1 atom stereocenters. The summed E-state index contributed by atoms with van der Waals surface area (Å²) in [6.07, 6.45) is 0.982. The van der Waals surface area contributed by atoms with E-state index >= 15 is 0 Å². The number of aromatic nitrogens is 2. The van der Waals surface area contributed by atoms with Crippen molar-refractivity contribution >= 4 is 23.4 Å². The summed E-state index contributed by atoms with van der Waals surface area (Å²) >= 11 is 7.85. The Balaban J connectivity index is 2.02. The Bertz CT molecular complexity index is 532. The van der Waals surface area contributed by atoms with Crippen molar-refractivity contribution in [3.63, 3.8) is 0 Å². The van der Waals surface area contributed by atoms with Gasteiger partial charge in [0.05, 0.1) is 16.3 Å². The molecular weight excluding hydrogens is 282 g/mol. The van der Waals surface area contributed by atoms with Gasteiger partial charge < -0.3 is 10.2 Å². The van der Waals surface area contributed by atoms with Gasteiger partial charge in [-0.1, -0.05) is 30.7 Å². The highest BCUT2D eigenvalue weighted by Crippen LogP contribution is 2.27. The molecule has 6 heteroatoms. The van der Waals surface area contributed by atoms with Gasteiger partial charge in [0.1, 0.15) is 0 Å². The van der Waals surface area contributed by atoms with E-state index in [1.165, 1.54) is 0 Å². The number of rotatable bonds is 6. The Morgan fingerprint density at radius 3 is 2.89 bits per heavy atom. The van der Waals surface area contributed by atoms with Crippen molar-refractivity contribution < 1.29 is 4.42 Å². The van der Waals surface area contributed by atoms with Gasteiger partial charge >= 0.3 is 0 Å². The molecule has 2 aromatic rings. The number of halogens is 1. The fourth-order valence-corrected chi connectivity index (χ4v) is 2.65. The van der Waals surface area contributed by atoms with Crippen molar-refractivity contribution in [3.05, 3.63) is 35.2 Å². The highest BCUT2D eigenvalue weighted by atomic mass is 35.5. The highest BCUT2D eigenvalue weighted by molar-refractivity contribution is 7.99. The lowest BCUT2D eigenvalue weighted by Gasteiger charge is -2.06. The lowest BCUT2D eigenvalue weighted by Crippen LogP contribution is -2.07. The maximum absolute atomic E-state index is 6.09. The summed E-state index contributed by atoms with van der Waals surface area (Å²) in [5.74, 6) is 1.77. The fourth-order valence-electron chi connectivity index (χ4n) is 1.59. The second-order valence-corrected chi connectivity index (χ2v) is 6.01. The molecule has 1 heterocycles. The molecule has 1 unspecified atom stereocenters. The monoisotopic (exact) mass is 297 g/mol. The largest absolute Gasteiger partial charge is 0.420 e. The number of nitrogens with two attached hydrogens (primary N) is 1. The third kappa shape index (κ3) is 3.96. The van der Waals surface area contributed by atoms with Gasteiger partial charge in [0.15, 0.2) is 0 Å². The van der Waals surface area contributed by atoms with E-state index in [2.05, 4.69) is 17.1 Å². The van der Waals surface area contributed by atoms with Crippen LogP contribution in [0.1, 0.15) is 19.2 Å². The average Bonchev–Trinajstić information content (AvgIpc) is 2.86. The second kappa shape index (κ2) is 6.93. The molecule has 0 aliphatic carbocycles. The minimum absolute atomic E-state index is 0.465. The Hall–Kier alpha value is -1.04. The van der Waals surface area contributed by atoms with Crippen LogP contribution in [0, 0.1) is 0 Å². The Morgan fingerprint density at radius 2 is 2.16 bits per heavy atom. The molecule has 0 spiro atoms. The number of hydrogen-bond donors (Lipinski definition) is 1. The molecule has 0 fully saturated rings. The SMILES string of the molecule is CC(CCN)SCc1nnc(-c2ccccc2Cl)o1. The first kappa shape index (κ1) is 14.4. The van der Waals surface area contributed by atoms with Gasteiger partial charge in [-0.3, -0.25) is 0 Å². The predicted molar refractivity (Wildman–Crippen MR) is 79.2 cm³/mol. The molecule has 0 bridgehead atoms. The van der Waals surface area contributed by atoms with E-state index in [0.717, 1.165) is 12.0 Å². The Labute approximate surface area is 121 Å². The smallest absolute Gasteiger partial charge is 0.249 e. The van der Waals surface area contributed by atoms with Gasteiger partial charge in [0.2, 0.25) is 11.8 Å². The molecule has 2 rings (SSSR count). The van der Waals surface area contributed by atoms with Crippen molar-refractivity contribution in [2.24, 2.45) is 5.73 Å². The molecule has 0 radical (unpaired) electrons. The first-order chi connectivity index (χ1) is 9.20. The van der Waals surface area contributed by atoms with Crippen LogP contribution in [0.25, 0.3) is 11.5 Å². The minimum Gasteiger partial charge on any atom is -0.420 e. The number of benzene rings is 1. The van der Waals surface area contributed by atoms with Crippen LogP contribution in [0.2, 0.25) is 5.02 Å². The molecule has 2 N–H and O–H groups in total. The minimum atomic E-state index is 0.465. The van der Waals surface area contributed by atoms with Gasteiger partial charge in [0, 0.05) is 5.25 Å². The topological polar surface area (TPSA) is 64.9 Å². The van der Waals surface area contributed by atoms with Crippen LogP contribution in [-0.2, 0) is 5.75 Å². The summed E-state index contributed by atoms with van der Waals surface area (Å²) < 4.78 is 5.62. The Morgan fingerprint density at radius 1 is 1.37 bits per heavy atom. The van der Waals surface area contributed by atoms with E-state index in [4.69, 9.17) is 21.8 Å². The lowest BCUT2D eigenvalue weighted by atomic mass is 10.2. The number of nitrogens with zero attached hydrogens (tertiary/aromatic N) is 2. The molecule has 0 saturated carbocycles. The van der Waals surface area contributed by atoms with Crippen molar-refractivity contribution in [2.75, 3.05) is 6.54 Å². The number of thioether (sulfide) groups is 1. The van der Waals surface area contributed by atoms with Gasteiger partial charge in [-0.2, -0.15) is 0 Å². The van der Waals surface area contributed by atoms with Crippen molar-refractivity contribution in [1.82, 2.24) is 10.2 Å². The molecule has 102 valence electrons. The molecule has 0 saturated heterocycles. The zero-order chi connectivity index (χ0) is 13.7. The van der Waals surface area contributed by atoms with Crippen LogP contribution < -0.4 is 5.73 Å². The third-order valence-electron chi connectivity index (χ3n) is 2.64. The quantitative estimate of drug-likeness (QED) is 0.885. The molecule has 19 heavy (non-hydrogen) atoms. The zero-order valence-electron chi connectivity index (χ0n) is 10.7. The second-order valence-electron chi connectivity index (χ2n) is 4.18. The zero-order valence-corrected chi connectivity index (χ0v) is 12.2. The first-order valence-corrected chi connectivity index (χ1v) is 7.52. The van der Waals surface area contributed by atoms with Crippen molar-refractivity contribution in [1.29, 1.82) is 0 Å². The van der Waals surface area contributed by atoms with Crippen molar-refractivity contribution in [3.8, 4) is 11.5 Å². The molecule has 0 aliphatic heterocycles. The van der Waals surface area contributed by atoms with Crippen LogP contribution in [0.3, 0.4) is 0 Å². The summed E-state index contributed by atoms with van der Waals surface area (Å²) in [7, 11) is 0. The summed E-state index contributed by atoms with van der Waals surface area (Å²) in [5, 5.41) is 9.17. The van der Waals surface area contributed by atoms with Crippen molar-refractivity contribution in [2.45, 2.75) is 24.3 Å². The van der Waals surface area contributed by atoms with E-state index in [9.17, 15) is 0 Å². The highest BCUT2D eigenvalue weighted by Gasteiger charge is 2.12. The molecule has 1 aromatic carbocycles. The van der Waals surface area contributed by atoms with E-state index < -0.39 is 0 Å². The van der Waals surface area contributed by atoms with Crippen LogP contribution in [-0.4, -0.2) is 22.0 Å². The maximum Gasteiger partial charge on any atom is 0.249 e. The van der Waals surface area contributed by atoms with Crippen LogP contribution >= 0.6 is 23.4 Å². The number of hydrogen-bond acceptors (Lipinski definition) is 5. The Kier molecular flexibility index (Phi) is 5.24. The standard InChI is InChI=1S/C13H16ClN3OS/c1-9(6-7-15)19-8-12-16-17-13(18-12)10-4-2-3-5-11(10)14/h2-5,9H,6-8,15H2,1H3. The van der Waals surface area contributed by atoms with Gasteiger partial charge in [-0.05, 0) is 25.1 Å². The summed E-state index contributed by atoms with van der Waals surface area (Å²) in [5.41, 5.74) is 6.28. The normalized spacial score (nSPS) is 12.6. The predicted octanol–water partition coefficient (Wildman–Crippen LogP) is 3.36. The van der Waals surface area contributed by atoms with E-state index in [-0.39, 0.29) is 0 Å². The van der Waals surface area contributed by atoms with Crippen LogP contribution in [0.5, 0.6) is 0 Å². The van der Waals surface area contributed by atoms with Gasteiger partial charge in [-0.15, -0.1) is 22.0 Å². The first-order valence-electron chi connectivity index (χ1n) is 6.09. The average molecular weight is 298 g/mol. The van der Waals surface area contributed by atoms with E-state index in [1.54, 1.807) is 17.8 Å². The molecule has 0 amide bonds. The van der Waals surface area contributed by atoms with Crippen LogP contribution in [0.4, 0.5) is 0 Å². The molecule has 0 aliphatic rings.